The maximum atomic E-state index is 12.8. The lowest BCUT2D eigenvalue weighted by atomic mass is 9.99. The Kier molecular flexibility index (Phi) is 7.13. The number of sulfonamides is 1. The fourth-order valence-electron chi connectivity index (χ4n) is 2.82. The molecule has 1 fully saturated rings. The van der Waals surface area contributed by atoms with Crippen molar-refractivity contribution in [2.75, 3.05) is 31.5 Å². The largest absolute Gasteiger partial charge is 0.355 e. The summed E-state index contributed by atoms with van der Waals surface area (Å²) in [5, 5.41) is 5.40. The normalized spacial score (nSPS) is 18.3. The molecule has 9 heteroatoms. The Morgan fingerprint density at radius 1 is 1.27 bits per heavy atom. The molecule has 0 radical (unpaired) electrons. The molecular weight excluding hydrogens is 356 g/mol. The maximum absolute atomic E-state index is 12.8. The third-order valence-corrected chi connectivity index (χ3v) is 6.17. The van der Waals surface area contributed by atoms with Crippen LogP contribution in [0.1, 0.15) is 26.2 Å². The van der Waals surface area contributed by atoms with Crippen molar-refractivity contribution in [1.29, 1.82) is 0 Å². The minimum absolute atomic E-state index is 0.136. The molecule has 1 aliphatic rings. The van der Waals surface area contributed by atoms with Crippen molar-refractivity contribution in [3.8, 4) is 0 Å². The summed E-state index contributed by atoms with van der Waals surface area (Å²) >= 11 is 0. The molecule has 1 aliphatic heterocycles. The summed E-state index contributed by atoms with van der Waals surface area (Å²) in [7, 11) is -3.68. The Labute approximate surface area is 154 Å². The number of benzene rings is 1. The Morgan fingerprint density at radius 2 is 1.96 bits per heavy atom. The van der Waals surface area contributed by atoms with E-state index in [2.05, 4.69) is 10.6 Å². The minimum atomic E-state index is -3.68. The van der Waals surface area contributed by atoms with Crippen LogP contribution in [-0.4, -0.2) is 50.7 Å². The van der Waals surface area contributed by atoms with Gasteiger partial charge in [0.1, 0.15) is 0 Å². The van der Waals surface area contributed by atoms with E-state index in [-0.39, 0.29) is 29.2 Å². The molecule has 2 amide bonds. The highest BCUT2D eigenvalue weighted by Gasteiger charge is 2.33. The molecule has 0 spiro atoms. The average molecular weight is 382 g/mol. The molecular formula is C17H26N4O4S. The van der Waals surface area contributed by atoms with E-state index in [0.717, 1.165) is 0 Å². The van der Waals surface area contributed by atoms with Crippen LogP contribution >= 0.6 is 0 Å². The van der Waals surface area contributed by atoms with Crippen LogP contribution in [0, 0.1) is 5.92 Å². The first-order valence-electron chi connectivity index (χ1n) is 8.76. The molecule has 0 aromatic heterocycles. The summed E-state index contributed by atoms with van der Waals surface area (Å²) < 4.78 is 27.0. The van der Waals surface area contributed by atoms with E-state index in [1.165, 1.54) is 16.4 Å². The van der Waals surface area contributed by atoms with Crippen molar-refractivity contribution >= 4 is 27.5 Å². The summed E-state index contributed by atoms with van der Waals surface area (Å²) in [5.74, 6) is -0.663. The van der Waals surface area contributed by atoms with Crippen molar-refractivity contribution < 1.29 is 18.0 Å². The van der Waals surface area contributed by atoms with E-state index in [1.54, 1.807) is 19.1 Å². The van der Waals surface area contributed by atoms with Crippen molar-refractivity contribution in [1.82, 2.24) is 9.62 Å². The highest BCUT2D eigenvalue weighted by atomic mass is 32.2. The van der Waals surface area contributed by atoms with E-state index in [0.29, 0.717) is 44.6 Å². The maximum Gasteiger partial charge on any atom is 0.243 e. The smallest absolute Gasteiger partial charge is 0.243 e. The number of nitrogens with two attached hydrogens (primary N) is 1. The highest BCUT2D eigenvalue weighted by Crippen LogP contribution is 2.25. The lowest BCUT2D eigenvalue weighted by molar-refractivity contribution is -0.126. The van der Waals surface area contributed by atoms with Gasteiger partial charge >= 0.3 is 0 Å². The molecule has 8 nitrogen and oxygen atoms in total. The van der Waals surface area contributed by atoms with Gasteiger partial charge in [-0.05, 0) is 37.1 Å². The number of hydrogen-bond acceptors (Lipinski definition) is 5. The first kappa shape index (κ1) is 20.3. The second kappa shape index (κ2) is 9.11. The predicted molar refractivity (Wildman–Crippen MR) is 98.9 cm³/mol. The topological polar surface area (TPSA) is 122 Å². The Hall–Kier alpha value is -1.97. The molecule has 1 heterocycles. The average Bonchev–Trinajstić information content (AvgIpc) is 2.66. The molecule has 26 heavy (non-hydrogen) atoms. The summed E-state index contributed by atoms with van der Waals surface area (Å²) in [5.41, 5.74) is 5.93. The van der Waals surface area contributed by atoms with Crippen LogP contribution in [0.4, 0.5) is 5.69 Å². The highest BCUT2D eigenvalue weighted by molar-refractivity contribution is 7.89. The van der Waals surface area contributed by atoms with Gasteiger partial charge in [-0.1, -0.05) is 6.92 Å². The van der Waals surface area contributed by atoms with Crippen molar-refractivity contribution in [3.63, 3.8) is 0 Å². The van der Waals surface area contributed by atoms with Gasteiger partial charge < -0.3 is 16.4 Å². The number of nitrogens with zero attached hydrogens (tertiary/aromatic N) is 1. The fraction of sp³-hybridized carbons (Fsp3) is 0.529. The van der Waals surface area contributed by atoms with Crippen molar-refractivity contribution in [3.05, 3.63) is 24.3 Å². The lowest BCUT2D eigenvalue weighted by Crippen LogP contribution is -2.46. The zero-order valence-corrected chi connectivity index (χ0v) is 15.7. The Balaban J connectivity index is 2.08. The van der Waals surface area contributed by atoms with Crippen LogP contribution in [0.25, 0.3) is 0 Å². The Bertz CT molecular complexity index is 734. The van der Waals surface area contributed by atoms with Gasteiger partial charge in [-0.15, -0.1) is 0 Å². The van der Waals surface area contributed by atoms with Gasteiger partial charge in [0.2, 0.25) is 21.8 Å². The fourth-order valence-corrected chi connectivity index (χ4v) is 4.35. The van der Waals surface area contributed by atoms with Crippen LogP contribution < -0.4 is 16.4 Å². The SMILES string of the molecule is CCC(=O)Nc1ccc(S(=O)(=O)N2CCCC(C(=O)NCCN)C2)cc1. The lowest BCUT2D eigenvalue weighted by Gasteiger charge is -2.31. The second-order valence-corrected chi connectivity index (χ2v) is 8.15. The molecule has 1 aromatic rings. The molecule has 0 aliphatic carbocycles. The molecule has 4 N–H and O–H groups in total. The molecule has 1 saturated heterocycles. The molecule has 0 saturated carbocycles. The molecule has 144 valence electrons. The van der Waals surface area contributed by atoms with E-state index in [9.17, 15) is 18.0 Å². The molecule has 2 rings (SSSR count). The third-order valence-electron chi connectivity index (χ3n) is 4.30. The summed E-state index contributed by atoms with van der Waals surface area (Å²) in [6.07, 6.45) is 1.64. The molecule has 1 aromatic carbocycles. The number of nitrogens with one attached hydrogen (secondary N) is 2. The van der Waals surface area contributed by atoms with Gasteiger partial charge in [0.25, 0.3) is 0 Å². The van der Waals surface area contributed by atoms with Gasteiger partial charge in [0.05, 0.1) is 10.8 Å². The van der Waals surface area contributed by atoms with Crippen LogP contribution in [0.5, 0.6) is 0 Å². The zero-order valence-electron chi connectivity index (χ0n) is 14.9. The first-order valence-corrected chi connectivity index (χ1v) is 10.2. The quantitative estimate of drug-likeness (QED) is 0.634. The monoisotopic (exact) mass is 382 g/mol. The van der Waals surface area contributed by atoms with Gasteiger partial charge in [-0.25, -0.2) is 8.42 Å². The predicted octanol–water partition coefficient (Wildman–Crippen LogP) is 0.511. The number of carbonyl (C=O) groups excluding carboxylic acids is 2. The van der Waals surface area contributed by atoms with E-state index in [1.807, 2.05) is 0 Å². The number of hydrogen-bond donors (Lipinski definition) is 3. The first-order chi connectivity index (χ1) is 12.4. The molecule has 1 unspecified atom stereocenters. The number of piperidine rings is 1. The van der Waals surface area contributed by atoms with E-state index >= 15 is 0 Å². The van der Waals surface area contributed by atoms with Gasteiger partial charge in [0, 0.05) is 38.3 Å². The van der Waals surface area contributed by atoms with Crippen LogP contribution in [0.15, 0.2) is 29.2 Å². The summed E-state index contributed by atoms with van der Waals surface area (Å²) in [6.45, 7) is 3.02. The van der Waals surface area contributed by atoms with Gasteiger partial charge in [-0.3, -0.25) is 9.59 Å². The number of carbonyl (C=O) groups is 2. The van der Waals surface area contributed by atoms with Crippen molar-refractivity contribution in [2.45, 2.75) is 31.1 Å². The summed E-state index contributed by atoms with van der Waals surface area (Å²) in [6, 6.07) is 6.07. The summed E-state index contributed by atoms with van der Waals surface area (Å²) in [4.78, 5) is 23.7. The zero-order chi connectivity index (χ0) is 19.2. The van der Waals surface area contributed by atoms with Crippen molar-refractivity contribution in [2.24, 2.45) is 11.7 Å². The van der Waals surface area contributed by atoms with Crippen LogP contribution in [-0.2, 0) is 19.6 Å². The van der Waals surface area contributed by atoms with Crippen LogP contribution in [0.2, 0.25) is 0 Å². The van der Waals surface area contributed by atoms with E-state index < -0.39 is 10.0 Å². The molecule has 1 atom stereocenters. The standard InChI is InChI=1S/C17H26N4O4S/c1-2-16(22)20-14-5-7-15(8-6-14)26(24,25)21-11-3-4-13(12-21)17(23)19-10-9-18/h5-8,13H,2-4,9-12,18H2,1H3,(H,19,23)(H,20,22). The number of rotatable bonds is 7. The number of anilines is 1. The minimum Gasteiger partial charge on any atom is -0.355 e. The van der Waals surface area contributed by atoms with Crippen LogP contribution in [0.3, 0.4) is 0 Å². The molecule has 0 bridgehead atoms. The van der Waals surface area contributed by atoms with Gasteiger partial charge in [0.15, 0.2) is 0 Å². The number of amides is 2. The second-order valence-electron chi connectivity index (χ2n) is 6.21. The van der Waals surface area contributed by atoms with E-state index in [4.69, 9.17) is 5.73 Å². The third kappa shape index (κ3) is 5.03. The van der Waals surface area contributed by atoms with Gasteiger partial charge in [-0.2, -0.15) is 4.31 Å². The Morgan fingerprint density at radius 3 is 2.58 bits per heavy atom.